The fraction of sp³-hybridized carbons (Fsp3) is 0.211. The van der Waals surface area contributed by atoms with Crippen LogP contribution in [0.3, 0.4) is 0 Å². The van der Waals surface area contributed by atoms with E-state index in [-0.39, 0.29) is 0 Å². The van der Waals surface area contributed by atoms with Crippen molar-refractivity contribution in [3.05, 3.63) is 42.5 Å². The number of aromatic nitrogens is 2. The van der Waals surface area contributed by atoms with Gasteiger partial charge < -0.3 is 25.2 Å². The van der Waals surface area contributed by atoms with Gasteiger partial charge in [-0.1, -0.05) is 12.1 Å². The van der Waals surface area contributed by atoms with Crippen molar-refractivity contribution in [1.82, 2.24) is 9.97 Å². The summed E-state index contributed by atoms with van der Waals surface area (Å²) < 4.78 is 10.5. The Hall–Kier alpha value is -3.55. The number of carbonyl (C=O) groups is 1. The van der Waals surface area contributed by atoms with Crippen LogP contribution in [0.15, 0.2) is 42.5 Å². The largest absolute Gasteiger partial charge is 0.497 e. The maximum atomic E-state index is 11.2. The van der Waals surface area contributed by atoms with Crippen LogP contribution < -0.4 is 20.1 Å². The van der Waals surface area contributed by atoms with Gasteiger partial charge >= 0.3 is 5.97 Å². The summed E-state index contributed by atoms with van der Waals surface area (Å²) in [6.45, 7) is 1.55. The first-order chi connectivity index (χ1) is 13.0. The number of carboxylic acid groups (broad SMARTS) is 1. The molecule has 1 heterocycles. The number of methoxy groups -OCH3 is 2. The van der Waals surface area contributed by atoms with Crippen LogP contribution in [0.25, 0.3) is 10.9 Å². The smallest absolute Gasteiger partial charge is 0.325 e. The molecule has 1 atom stereocenters. The Morgan fingerprint density at radius 1 is 1.07 bits per heavy atom. The lowest BCUT2D eigenvalue weighted by atomic mass is 10.2. The summed E-state index contributed by atoms with van der Waals surface area (Å²) in [4.78, 5) is 20.2. The van der Waals surface area contributed by atoms with Gasteiger partial charge in [-0.05, 0) is 19.1 Å². The third kappa shape index (κ3) is 4.17. The van der Waals surface area contributed by atoms with Crippen molar-refractivity contribution < 1.29 is 19.4 Å². The minimum absolute atomic E-state index is 0.323. The Kier molecular flexibility index (Phi) is 5.25. The van der Waals surface area contributed by atoms with Crippen LogP contribution in [-0.2, 0) is 4.79 Å². The van der Waals surface area contributed by atoms with E-state index in [0.29, 0.717) is 34.5 Å². The number of ether oxygens (including phenoxy) is 2. The maximum Gasteiger partial charge on any atom is 0.325 e. The molecule has 0 aliphatic rings. The van der Waals surface area contributed by atoms with Gasteiger partial charge in [-0.2, -0.15) is 4.98 Å². The van der Waals surface area contributed by atoms with Gasteiger partial charge in [0.25, 0.3) is 0 Å². The minimum atomic E-state index is -0.968. The molecule has 0 spiro atoms. The lowest BCUT2D eigenvalue weighted by molar-refractivity contribution is -0.137. The number of nitrogens with one attached hydrogen (secondary N) is 2. The zero-order valence-electron chi connectivity index (χ0n) is 15.2. The summed E-state index contributed by atoms with van der Waals surface area (Å²) >= 11 is 0. The number of aliphatic carboxylic acids is 1. The lowest BCUT2D eigenvalue weighted by Crippen LogP contribution is -2.26. The highest BCUT2D eigenvalue weighted by atomic mass is 16.5. The van der Waals surface area contributed by atoms with E-state index in [1.54, 1.807) is 39.3 Å². The van der Waals surface area contributed by atoms with Gasteiger partial charge in [0.15, 0.2) is 0 Å². The number of hydrogen-bond acceptors (Lipinski definition) is 7. The SMILES string of the molecule is COc1cc(Nc2nc(NC(C)C(=O)O)c3ccccc3n2)cc(OC)c1. The summed E-state index contributed by atoms with van der Waals surface area (Å²) in [5.74, 6) is 1.03. The summed E-state index contributed by atoms with van der Waals surface area (Å²) in [6.07, 6.45) is 0. The van der Waals surface area contributed by atoms with E-state index in [1.165, 1.54) is 0 Å². The third-order valence-corrected chi connectivity index (χ3v) is 3.93. The molecule has 0 aliphatic carbocycles. The Morgan fingerprint density at radius 2 is 1.74 bits per heavy atom. The van der Waals surface area contributed by atoms with E-state index in [1.807, 2.05) is 24.3 Å². The van der Waals surface area contributed by atoms with Crippen LogP contribution >= 0.6 is 0 Å². The van der Waals surface area contributed by atoms with E-state index in [0.717, 1.165) is 5.39 Å². The second-order valence-electron chi connectivity index (χ2n) is 5.84. The normalized spacial score (nSPS) is 11.7. The molecule has 0 radical (unpaired) electrons. The first-order valence-corrected chi connectivity index (χ1v) is 8.26. The maximum absolute atomic E-state index is 11.2. The molecule has 0 saturated heterocycles. The van der Waals surface area contributed by atoms with Crippen LogP contribution in [0.1, 0.15) is 6.92 Å². The van der Waals surface area contributed by atoms with Crippen LogP contribution in [0.4, 0.5) is 17.5 Å². The first kappa shape index (κ1) is 18.2. The van der Waals surface area contributed by atoms with Crippen LogP contribution in [-0.4, -0.2) is 41.3 Å². The molecule has 1 unspecified atom stereocenters. The monoisotopic (exact) mass is 368 g/mol. The zero-order chi connectivity index (χ0) is 19.4. The van der Waals surface area contributed by atoms with Gasteiger partial charge in [0, 0.05) is 29.3 Å². The van der Waals surface area contributed by atoms with Gasteiger partial charge in [0.2, 0.25) is 5.95 Å². The number of nitrogens with zero attached hydrogens (tertiary/aromatic N) is 2. The van der Waals surface area contributed by atoms with Crippen molar-refractivity contribution in [2.75, 3.05) is 24.9 Å². The molecule has 8 heteroatoms. The molecule has 27 heavy (non-hydrogen) atoms. The minimum Gasteiger partial charge on any atom is -0.497 e. The number of para-hydroxylation sites is 1. The molecule has 140 valence electrons. The highest BCUT2D eigenvalue weighted by Gasteiger charge is 2.15. The van der Waals surface area contributed by atoms with Crippen LogP contribution in [0.2, 0.25) is 0 Å². The van der Waals surface area contributed by atoms with Gasteiger partial charge in [0.05, 0.1) is 19.7 Å². The fourth-order valence-corrected chi connectivity index (χ4v) is 2.52. The van der Waals surface area contributed by atoms with Gasteiger partial charge in [-0.15, -0.1) is 0 Å². The van der Waals surface area contributed by atoms with Crippen LogP contribution in [0.5, 0.6) is 11.5 Å². The Balaban J connectivity index is 2.01. The van der Waals surface area contributed by atoms with E-state index in [2.05, 4.69) is 20.6 Å². The number of hydrogen-bond donors (Lipinski definition) is 3. The Bertz CT molecular complexity index is 955. The molecular formula is C19H20N4O4. The average molecular weight is 368 g/mol. The van der Waals surface area contributed by atoms with E-state index in [4.69, 9.17) is 9.47 Å². The number of carboxylic acids is 1. The van der Waals surface area contributed by atoms with E-state index >= 15 is 0 Å². The molecule has 0 saturated carbocycles. The molecule has 3 N–H and O–H groups in total. The number of rotatable bonds is 7. The molecule has 3 rings (SSSR count). The van der Waals surface area contributed by atoms with Crippen molar-refractivity contribution in [3.63, 3.8) is 0 Å². The van der Waals surface area contributed by atoms with E-state index < -0.39 is 12.0 Å². The summed E-state index contributed by atoms with van der Waals surface area (Å²) in [6, 6.07) is 11.9. The predicted octanol–water partition coefficient (Wildman–Crippen LogP) is 3.28. The van der Waals surface area contributed by atoms with Crippen molar-refractivity contribution >= 4 is 34.3 Å². The highest BCUT2D eigenvalue weighted by molar-refractivity contribution is 5.92. The predicted molar refractivity (Wildman–Crippen MR) is 103 cm³/mol. The van der Waals surface area contributed by atoms with Crippen LogP contribution in [0, 0.1) is 0 Å². The van der Waals surface area contributed by atoms with Crippen molar-refractivity contribution in [2.45, 2.75) is 13.0 Å². The highest BCUT2D eigenvalue weighted by Crippen LogP contribution is 2.29. The van der Waals surface area contributed by atoms with Crippen molar-refractivity contribution in [1.29, 1.82) is 0 Å². The molecule has 0 amide bonds. The molecule has 1 aromatic heterocycles. The molecule has 0 fully saturated rings. The van der Waals surface area contributed by atoms with Gasteiger partial charge in [-0.3, -0.25) is 4.79 Å². The number of anilines is 3. The standard InChI is InChI=1S/C19H20N4O4/c1-11(18(24)25)20-17-15-6-4-5-7-16(15)22-19(23-17)21-12-8-13(26-2)10-14(9-12)27-3/h4-11H,1-3H3,(H,24,25)(H2,20,21,22,23). The molecule has 0 bridgehead atoms. The quantitative estimate of drug-likeness (QED) is 0.583. The average Bonchev–Trinajstić information content (AvgIpc) is 2.67. The zero-order valence-corrected chi connectivity index (χ0v) is 15.2. The van der Waals surface area contributed by atoms with Crippen molar-refractivity contribution in [3.8, 4) is 11.5 Å². The Morgan fingerprint density at radius 3 is 2.37 bits per heavy atom. The second kappa shape index (κ2) is 7.77. The van der Waals surface area contributed by atoms with Gasteiger partial charge in [0.1, 0.15) is 23.4 Å². The number of fused-ring (bicyclic) bond motifs is 1. The molecular weight excluding hydrogens is 348 g/mol. The van der Waals surface area contributed by atoms with E-state index in [9.17, 15) is 9.90 Å². The Labute approximate surface area is 156 Å². The second-order valence-corrected chi connectivity index (χ2v) is 5.84. The van der Waals surface area contributed by atoms with Gasteiger partial charge in [-0.25, -0.2) is 4.98 Å². The summed E-state index contributed by atoms with van der Waals surface area (Å²) in [7, 11) is 3.14. The number of benzene rings is 2. The fourth-order valence-electron chi connectivity index (χ4n) is 2.52. The molecule has 0 aliphatic heterocycles. The summed E-state index contributed by atoms with van der Waals surface area (Å²) in [5, 5.41) is 16.0. The third-order valence-electron chi connectivity index (χ3n) is 3.93. The van der Waals surface area contributed by atoms with Crippen molar-refractivity contribution in [2.24, 2.45) is 0 Å². The molecule has 8 nitrogen and oxygen atoms in total. The molecule has 2 aromatic carbocycles. The lowest BCUT2D eigenvalue weighted by Gasteiger charge is -2.15. The first-order valence-electron chi connectivity index (χ1n) is 8.26. The molecule has 3 aromatic rings. The topological polar surface area (TPSA) is 106 Å². The summed E-state index contributed by atoms with van der Waals surface area (Å²) in [5.41, 5.74) is 1.36.